The van der Waals surface area contributed by atoms with E-state index in [1.807, 2.05) is 13.0 Å². The maximum absolute atomic E-state index is 4.80. The highest BCUT2D eigenvalue weighted by molar-refractivity contribution is 5.83. The number of fused-ring (bicyclic) bond motifs is 1. The molecule has 24 heavy (non-hydrogen) atoms. The van der Waals surface area contributed by atoms with Gasteiger partial charge >= 0.3 is 0 Å². The number of nitrogens with zero attached hydrogens (tertiary/aromatic N) is 1. The molecule has 1 heteroatoms. The number of benzene rings is 3. The quantitative estimate of drug-likeness (QED) is 0.466. The van der Waals surface area contributed by atoms with E-state index in [2.05, 4.69) is 78.9 Å². The lowest BCUT2D eigenvalue weighted by atomic mass is 9.97. The summed E-state index contributed by atoms with van der Waals surface area (Å²) in [6, 6.07) is 30.0. The number of pyridine rings is 1. The Balaban J connectivity index is 1.76. The molecule has 0 saturated heterocycles. The number of aryl methyl sites for hydroxylation is 1. The minimum absolute atomic E-state index is 0.891. The van der Waals surface area contributed by atoms with Gasteiger partial charge in [0.1, 0.15) is 0 Å². The predicted octanol–water partition coefficient (Wildman–Crippen LogP) is 5.80. The van der Waals surface area contributed by atoms with Crippen molar-refractivity contribution >= 4 is 10.8 Å². The fourth-order valence-corrected chi connectivity index (χ4v) is 3.14. The highest BCUT2D eigenvalue weighted by Crippen LogP contribution is 2.25. The third kappa shape index (κ3) is 2.93. The van der Waals surface area contributed by atoms with Crippen molar-refractivity contribution < 1.29 is 0 Å². The van der Waals surface area contributed by atoms with Crippen LogP contribution >= 0.6 is 0 Å². The van der Waals surface area contributed by atoms with E-state index in [9.17, 15) is 0 Å². The molecule has 0 unspecified atom stereocenters. The first-order valence-electron chi connectivity index (χ1n) is 8.29. The Bertz CT molecular complexity index is 987. The minimum Gasteiger partial charge on any atom is -0.253 e. The molecule has 4 aromatic rings. The summed E-state index contributed by atoms with van der Waals surface area (Å²) in [5, 5.41) is 2.57. The predicted molar refractivity (Wildman–Crippen MR) is 101 cm³/mol. The second kappa shape index (κ2) is 6.29. The van der Waals surface area contributed by atoms with Gasteiger partial charge in [0, 0.05) is 11.3 Å². The molecule has 0 radical (unpaired) electrons. The van der Waals surface area contributed by atoms with Gasteiger partial charge in [0.2, 0.25) is 0 Å². The normalized spacial score (nSPS) is 10.9. The molecule has 0 aliphatic heterocycles. The Kier molecular flexibility index (Phi) is 3.84. The summed E-state index contributed by atoms with van der Waals surface area (Å²) < 4.78 is 0. The zero-order valence-corrected chi connectivity index (χ0v) is 13.7. The Morgan fingerprint density at radius 1 is 0.708 bits per heavy atom. The zero-order valence-electron chi connectivity index (χ0n) is 13.7. The van der Waals surface area contributed by atoms with Crippen LogP contribution in [0, 0.1) is 6.92 Å². The summed E-state index contributed by atoms with van der Waals surface area (Å²) in [5.74, 6) is 0. The Hall–Kier alpha value is -2.93. The number of aromatic nitrogens is 1. The van der Waals surface area contributed by atoms with E-state index < -0.39 is 0 Å². The highest BCUT2D eigenvalue weighted by Gasteiger charge is 2.08. The maximum Gasteiger partial charge on any atom is 0.0740 e. The first-order chi connectivity index (χ1) is 11.8. The van der Waals surface area contributed by atoms with Gasteiger partial charge in [-0.25, -0.2) is 0 Å². The molecule has 0 aliphatic carbocycles. The molecule has 3 aromatic carbocycles. The first kappa shape index (κ1) is 14.6. The van der Waals surface area contributed by atoms with E-state index in [0.717, 1.165) is 17.8 Å². The fraction of sp³-hybridized carbons (Fsp3) is 0.0870. The van der Waals surface area contributed by atoms with Crippen molar-refractivity contribution in [1.29, 1.82) is 0 Å². The van der Waals surface area contributed by atoms with Crippen LogP contribution in [0.3, 0.4) is 0 Å². The molecule has 116 valence electrons. The molecule has 0 atom stereocenters. The fourth-order valence-electron chi connectivity index (χ4n) is 3.14. The Labute approximate surface area is 142 Å². The molecule has 0 amide bonds. The van der Waals surface area contributed by atoms with E-state index in [-0.39, 0.29) is 0 Å². The first-order valence-corrected chi connectivity index (χ1v) is 8.29. The van der Waals surface area contributed by atoms with Crippen LogP contribution < -0.4 is 0 Å². The molecule has 0 N–H and O–H groups in total. The molecule has 0 spiro atoms. The van der Waals surface area contributed by atoms with Gasteiger partial charge in [-0.3, -0.25) is 4.98 Å². The van der Waals surface area contributed by atoms with Crippen LogP contribution in [0.4, 0.5) is 0 Å². The maximum atomic E-state index is 4.80. The molecular formula is C23H19N. The zero-order chi connectivity index (χ0) is 16.4. The molecule has 1 aromatic heterocycles. The van der Waals surface area contributed by atoms with Gasteiger partial charge in [0.25, 0.3) is 0 Å². The lowest BCUT2D eigenvalue weighted by Crippen LogP contribution is -1.97. The second-order valence-electron chi connectivity index (χ2n) is 6.18. The summed E-state index contributed by atoms with van der Waals surface area (Å²) in [6.07, 6.45) is 0.891. The van der Waals surface area contributed by atoms with Crippen molar-refractivity contribution in [2.45, 2.75) is 13.3 Å². The van der Waals surface area contributed by atoms with Crippen molar-refractivity contribution in [2.24, 2.45) is 0 Å². The molecule has 0 saturated carbocycles. The topological polar surface area (TPSA) is 12.9 Å². The monoisotopic (exact) mass is 309 g/mol. The SMILES string of the molecule is Cc1ccc(Cc2ccc3ccccc3c2)c(-c2ccccc2)n1. The molecule has 1 nitrogen and oxygen atoms in total. The van der Waals surface area contributed by atoms with Crippen molar-refractivity contribution in [3.05, 3.63) is 102 Å². The van der Waals surface area contributed by atoms with Crippen molar-refractivity contribution in [1.82, 2.24) is 4.98 Å². The van der Waals surface area contributed by atoms with E-state index in [4.69, 9.17) is 4.98 Å². The van der Waals surface area contributed by atoms with Gasteiger partial charge in [-0.2, -0.15) is 0 Å². The third-order valence-electron chi connectivity index (χ3n) is 4.37. The van der Waals surface area contributed by atoms with Crippen LogP contribution in [0.15, 0.2) is 84.9 Å². The van der Waals surface area contributed by atoms with Crippen molar-refractivity contribution in [2.75, 3.05) is 0 Å². The summed E-state index contributed by atoms with van der Waals surface area (Å²) in [7, 11) is 0. The van der Waals surface area contributed by atoms with Crippen LogP contribution in [-0.2, 0) is 6.42 Å². The van der Waals surface area contributed by atoms with Crippen LogP contribution in [0.5, 0.6) is 0 Å². The molecule has 0 fully saturated rings. The van der Waals surface area contributed by atoms with E-state index in [0.29, 0.717) is 0 Å². The molecule has 0 aliphatic rings. The number of hydrogen-bond acceptors (Lipinski definition) is 1. The minimum atomic E-state index is 0.891. The van der Waals surface area contributed by atoms with Gasteiger partial charge in [0.15, 0.2) is 0 Å². The summed E-state index contributed by atoms with van der Waals surface area (Å²) >= 11 is 0. The van der Waals surface area contributed by atoms with Gasteiger partial charge in [-0.15, -0.1) is 0 Å². The third-order valence-corrected chi connectivity index (χ3v) is 4.37. The average molecular weight is 309 g/mol. The molecular weight excluding hydrogens is 290 g/mol. The molecule has 0 bridgehead atoms. The van der Waals surface area contributed by atoms with Gasteiger partial charge in [-0.05, 0) is 41.3 Å². The van der Waals surface area contributed by atoms with Gasteiger partial charge < -0.3 is 0 Å². The highest BCUT2D eigenvalue weighted by atomic mass is 14.7. The van der Waals surface area contributed by atoms with Crippen molar-refractivity contribution in [3.63, 3.8) is 0 Å². The van der Waals surface area contributed by atoms with E-state index in [1.165, 1.54) is 27.5 Å². The Morgan fingerprint density at radius 2 is 1.46 bits per heavy atom. The van der Waals surface area contributed by atoms with Crippen LogP contribution in [0.2, 0.25) is 0 Å². The largest absolute Gasteiger partial charge is 0.253 e. The number of hydrogen-bond donors (Lipinski definition) is 0. The average Bonchev–Trinajstić information content (AvgIpc) is 2.64. The lowest BCUT2D eigenvalue weighted by molar-refractivity contribution is 1.12. The standard InChI is InChI=1S/C23H19N/c1-17-11-13-22(23(24-17)20-8-3-2-4-9-20)16-18-12-14-19-7-5-6-10-21(19)15-18/h2-15H,16H2,1H3. The summed E-state index contributed by atoms with van der Waals surface area (Å²) in [6.45, 7) is 2.05. The molecule has 4 rings (SSSR count). The van der Waals surface area contributed by atoms with Crippen molar-refractivity contribution in [3.8, 4) is 11.3 Å². The van der Waals surface area contributed by atoms with Crippen LogP contribution in [0.1, 0.15) is 16.8 Å². The van der Waals surface area contributed by atoms with Gasteiger partial charge in [-0.1, -0.05) is 78.9 Å². The van der Waals surface area contributed by atoms with E-state index >= 15 is 0 Å². The van der Waals surface area contributed by atoms with E-state index in [1.54, 1.807) is 0 Å². The number of rotatable bonds is 3. The molecule has 1 heterocycles. The van der Waals surface area contributed by atoms with Crippen LogP contribution in [-0.4, -0.2) is 4.98 Å². The summed E-state index contributed by atoms with van der Waals surface area (Å²) in [4.78, 5) is 4.80. The Morgan fingerprint density at radius 3 is 2.29 bits per heavy atom. The second-order valence-corrected chi connectivity index (χ2v) is 6.18. The smallest absolute Gasteiger partial charge is 0.0740 e. The lowest BCUT2D eigenvalue weighted by Gasteiger charge is -2.11. The van der Waals surface area contributed by atoms with Crippen LogP contribution in [0.25, 0.3) is 22.0 Å². The summed E-state index contributed by atoms with van der Waals surface area (Å²) in [5.41, 5.74) is 5.90. The van der Waals surface area contributed by atoms with Gasteiger partial charge in [0.05, 0.1) is 5.69 Å².